The van der Waals surface area contributed by atoms with Gasteiger partial charge < -0.3 is 4.90 Å². The molecule has 284 valence electrons. The van der Waals surface area contributed by atoms with E-state index in [1.54, 1.807) is 0 Å². The van der Waals surface area contributed by atoms with Gasteiger partial charge in [0.1, 0.15) is 0 Å². The fourth-order valence-corrected chi connectivity index (χ4v) is 15.6. The van der Waals surface area contributed by atoms with Crippen LogP contribution >= 0.6 is 0 Å². The number of hydrogen-bond donors (Lipinski definition) is 0. The first-order valence-corrected chi connectivity index (χ1v) is 22.8. The van der Waals surface area contributed by atoms with Gasteiger partial charge in [0.25, 0.3) is 0 Å². The summed E-state index contributed by atoms with van der Waals surface area (Å²) in [7, 11) is -2.93. The van der Waals surface area contributed by atoms with Gasteiger partial charge in [0.15, 0.2) is 8.07 Å². The standard InChI is InChI=1S/C55H42BN3Si/c1-37-29-38(2)54(39(3)30-37)56-48-21-10-11-23-50(48)59-51-34-40(43-31-44(41-15-13-27-57-35-41)33-45(32-43)42-16-14-28-58-36-42)25-26-52(51)60(46-17-6-4-7-18-46,47-19-8-5-9-20-47)53-24-12-22-49(56)55(53)59/h4-36H,1-3H3. The molecule has 0 bridgehead atoms. The van der Waals surface area contributed by atoms with Gasteiger partial charge in [-0.1, -0.05) is 156 Å². The molecule has 0 saturated carbocycles. The first-order valence-electron chi connectivity index (χ1n) is 20.8. The molecule has 0 amide bonds. The van der Waals surface area contributed by atoms with Gasteiger partial charge in [-0.3, -0.25) is 9.97 Å². The molecular formula is C55H42BN3Si. The van der Waals surface area contributed by atoms with Crippen molar-refractivity contribution in [2.24, 2.45) is 0 Å². The topological polar surface area (TPSA) is 29.0 Å². The maximum Gasteiger partial charge on any atom is 0.247 e. The number of benzene rings is 7. The van der Waals surface area contributed by atoms with E-state index in [1.807, 2.05) is 36.9 Å². The lowest BCUT2D eigenvalue weighted by Gasteiger charge is -2.49. The van der Waals surface area contributed by atoms with E-state index in [4.69, 9.17) is 0 Å². The van der Waals surface area contributed by atoms with Gasteiger partial charge >= 0.3 is 0 Å². The second kappa shape index (κ2) is 14.3. The highest BCUT2D eigenvalue weighted by atomic mass is 28.3. The number of para-hydroxylation sites is 2. The van der Waals surface area contributed by atoms with E-state index in [0.29, 0.717) is 0 Å². The Morgan fingerprint density at radius 2 is 1.00 bits per heavy atom. The Bertz CT molecular complexity index is 2960. The number of fused-ring (bicyclic) bond motifs is 4. The smallest absolute Gasteiger partial charge is 0.247 e. The van der Waals surface area contributed by atoms with Gasteiger partial charge in [-0.05, 0) is 117 Å². The summed E-state index contributed by atoms with van der Waals surface area (Å²) in [5.74, 6) is 0. The molecular weight excluding hydrogens is 742 g/mol. The molecule has 2 aliphatic heterocycles. The van der Waals surface area contributed by atoms with Crippen LogP contribution in [0.25, 0.3) is 33.4 Å². The molecule has 7 aromatic carbocycles. The van der Waals surface area contributed by atoms with Gasteiger partial charge in [-0.15, -0.1) is 0 Å². The summed E-state index contributed by atoms with van der Waals surface area (Å²) < 4.78 is 0. The van der Waals surface area contributed by atoms with Crippen LogP contribution in [0.2, 0.25) is 0 Å². The van der Waals surface area contributed by atoms with Crippen LogP contribution in [0.4, 0.5) is 17.1 Å². The zero-order valence-electron chi connectivity index (χ0n) is 34.0. The van der Waals surface area contributed by atoms with Gasteiger partial charge in [0.05, 0.1) is 0 Å². The van der Waals surface area contributed by atoms with Crippen molar-refractivity contribution in [2.75, 3.05) is 4.90 Å². The molecule has 60 heavy (non-hydrogen) atoms. The van der Waals surface area contributed by atoms with E-state index in [9.17, 15) is 0 Å². The Hall–Kier alpha value is -7.08. The first kappa shape index (κ1) is 36.0. The zero-order valence-corrected chi connectivity index (χ0v) is 35.0. The summed E-state index contributed by atoms with van der Waals surface area (Å²) in [5, 5.41) is 5.58. The molecule has 0 aliphatic carbocycles. The highest BCUT2D eigenvalue weighted by molar-refractivity contribution is 7.22. The summed E-state index contributed by atoms with van der Waals surface area (Å²) in [6.07, 6.45) is 7.58. The Morgan fingerprint density at radius 3 is 1.60 bits per heavy atom. The van der Waals surface area contributed by atoms with Crippen molar-refractivity contribution in [3.05, 3.63) is 217 Å². The number of aryl methyl sites for hydroxylation is 3. The van der Waals surface area contributed by atoms with E-state index >= 15 is 0 Å². The maximum atomic E-state index is 4.50. The molecule has 9 aromatic rings. The minimum Gasteiger partial charge on any atom is -0.312 e. The molecule has 0 atom stereocenters. The number of nitrogens with zero attached hydrogens (tertiary/aromatic N) is 3. The zero-order chi connectivity index (χ0) is 40.4. The number of anilines is 3. The minimum absolute atomic E-state index is 0.0779. The van der Waals surface area contributed by atoms with Crippen LogP contribution in [-0.4, -0.2) is 24.8 Å². The third-order valence-electron chi connectivity index (χ3n) is 12.8. The van der Waals surface area contributed by atoms with E-state index < -0.39 is 8.07 Å². The van der Waals surface area contributed by atoms with Crippen LogP contribution in [0.3, 0.4) is 0 Å². The SMILES string of the molecule is Cc1cc(C)c(B2c3ccccc3N3c4cc(-c5cc(-c6cccnc6)cc(-c6cccnc6)c5)ccc4[Si](c4ccccc4)(c4ccccc4)c4cccc2c43)c(C)c1. The molecule has 0 radical (unpaired) electrons. The molecule has 0 N–H and O–H groups in total. The predicted octanol–water partition coefficient (Wildman–Crippen LogP) is 8.39. The quantitative estimate of drug-likeness (QED) is 0.159. The Labute approximate surface area is 353 Å². The van der Waals surface area contributed by atoms with E-state index in [-0.39, 0.29) is 6.71 Å². The average molecular weight is 784 g/mol. The molecule has 3 nitrogen and oxygen atoms in total. The third-order valence-corrected chi connectivity index (χ3v) is 17.7. The molecule has 11 rings (SSSR count). The molecule has 2 aliphatic rings. The molecule has 0 unspecified atom stereocenters. The van der Waals surface area contributed by atoms with Crippen molar-refractivity contribution in [3.8, 4) is 33.4 Å². The molecule has 0 spiro atoms. The van der Waals surface area contributed by atoms with E-state index in [1.165, 1.54) is 76.5 Å². The third kappa shape index (κ3) is 5.57. The molecule has 4 heterocycles. The van der Waals surface area contributed by atoms with Crippen LogP contribution < -0.4 is 42.0 Å². The molecule has 0 fully saturated rings. The van der Waals surface area contributed by atoms with Crippen LogP contribution in [0.15, 0.2) is 201 Å². The Morgan fingerprint density at radius 1 is 0.433 bits per heavy atom. The van der Waals surface area contributed by atoms with Crippen LogP contribution in [-0.2, 0) is 0 Å². The fraction of sp³-hybridized carbons (Fsp3) is 0.0545. The second-order valence-electron chi connectivity index (χ2n) is 16.4. The van der Waals surface area contributed by atoms with Crippen molar-refractivity contribution in [1.29, 1.82) is 0 Å². The second-order valence-corrected chi connectivity index (χ2v) is 20.1. The van der Waals surface area contributed by atoms with E-state index in [2.05, 4.69) is 199 Å². The summed E-state index contributed by atoms with van der Waals surface area (Å²) in [6.45, 7) is 6.89. The monoisotopic (exact) mass is 783 g/mol. The van der Waals surface area contributed by atoms with Crippen molar-refractivity contribution < 1.29 is 0 Å². The molecule has 0 saturated heterocycles. The lowest BCUT2D eigenvalue weighted by molar-refractivity contribution is 1.29. The van der Waals surface area contributed by atoms with Crippen LogP contribution in [0.5, 0.6) is 0 Å². The number of rotatable bonds is 6. The summed E-state index contributed by atoms with van der Waals surface area (Å²) in [6, 6.07) is 66.3. The van der Waals surface area contributed by atoms with Gasteiger partial charge in [0, 0.05) is 53.0 Å². The number of hydrogen-bond acceptors (Lipinski definition) is 3. The summed E-state index contributed by atoms with van der Waals surface area (Å²) in [5.41, 5.74) is 18.6. The van der Waals surface area contributed by atoms with E-state index in [0.717, 1.165) is 27.8 Å². The number of pyridine rings is 2. The average Bonchev–Trinajstić information content (AvgIpc) is 3.30. The highest BCUT2D eigenvalue weighted by Gasteiger charge is 2.52. The molecule has 2 aromatic heterocycles. The number of aromatic nitrogens is 2. The lowest BCUT2D eigenvalue weighted by Crippen LogP contribution is -2.78. The maximum absolute atomic E-state index is 4.50. The fourth-order valence-electron chi connectivity index (χ4n) is 10.5. The van der Waals surface area contributed by atoms with Crippen molar-refractivity contribution in [1.82, 2.24) is 9.97 Å². The Kier molecular flexibility index (Phi) is 8.61. The normalized spacial score (nSPS) is 13.3. The Balaban J connectivity index is 1.25. The van der Waals surface area contributed by atoms with Gasteiger partial charge in [-0.25, -0.2) is 0 Å². The van der Waals surface area contributed by atoms with Crippen LogP contribution in [0, 0.1) is 20.8 Å². The predicted molar refractivity (Wildman–Crippen MR) is 256 cm³/mol. The largest absolute Gasteiger partial charge is 0.312 e. The van der Waals surface area contributed by atoms with Crippen molar-refractivity contribution >= 4 is 69.0 Å². The highest BCUT2D eigenvalue weighted by Crippen LogP contribution is 2.42. The first-order chi connectivity index (χ1) is 29.5. The van der Waals surface area contributed by atoms with Crippen molar-refractivity contribution in [2.45, 2.75) is 20.8 Å². The summed E-state index contributed by atoms with van der Waals surface area (Å²) in [4.78, 5) is 11.6. The summed E-state index contributed by atoms with van der Waals surface area (Å²) >= 11 is 0. The lowest BCUT2D eigenvalue weighted by atomic mass is 9.34. The van der Waals surface area contributed by atoms with Crippen molar-refractivity contribution in [3.63, 3.8) is 0 Å². The minimum atomic E-state index is -2.93. The van der Waals surface area contributed by atoms with Gasteiger partial charge in [0.2, 0.25) is 6.71 Å². The molecule has 5 heteroatoms. The van der Waals surface area contributed by atoms with Crippen LogP contribution in [0.1, 0.15) is 16.7 Å². The van der Waals surface area contributed by atoms with Gasteiger partial charge in [-0.2, -0.15) is 0 Å².